The first-order valence-electron chi connectivity index (χ1n) is 10.1. The molecule has 0 aliphatic carbocycles. The van der Waals surface area contributed by atoms with Crippen molar-refractivity contribution >= 4 is 17.5 Å². The number of benzene rings is 2. The fourth-order valence-electron chi connectivity index (χ4n) is 5.09. The van der Waals surface area contributed by atoms with Gasteiger partial charge >= 0.3 is 0 Å². The highest BCUT2D eigenvalue weighted by atomic mass is 16.5. The van der Waals surface area contributed by atoms with E-state index in [0.29, 0.717) is 17.9 Å². The second kappa shape index (κ2) is 7.80. The number of fused-ring (bicyclic) bond motifs is 1. The van der Waals surface area contributed by atoms with Crippen molar-refractivity contribution in [3.63, 3.8) is 0 Å². The molecule has 0 fully saturated rings. The van der Waals surface area contributed by atoms with Crippen molar-refractivity contribution in [2.75, 3.05) is 26.2 Å². The molecule has 1 heterocycles. The number of rotatable bonds is 5. The van der Waals surface area contributed by atoms with E-state index in [-0.39, 0.29) is 17.2 Å². The van der Waals surface area contributed by atoms with Crippen LogP contribution in [0, 0.1) is 0 Å². The summed E-state index contributed by atoms with van der Waals surface area (Å²) in [5.41, 5.74) is 7.15. The van der Waals surface area contributed by atoms with Crippen LogP contribution in [-0.2, 0) is 10.2 Å². The summed E-state index contributed by atoms with van der Waals surface area (Å²) in [6.07, 6.45) is 0.597. The number of anilines is 1. The van der Waals surface area contributed by atoms with Crippen molar-refractivity contribution in [1.82, 2.24) is 0 Å². The summed E-state index contributed by atoms with van der Waals surface area (Å²) in [6, 6.07) is 9.50. The SMILES string of the molecule is COc1ccc(C2(C)CC(C)(C)N(C(C)=O)c3cc(OC)c(C(N)=O)c(OC)c32)cc1. The summed E-state index contributed by atoms with van der Waals surface area (Å²) in [5, 5.41) is 0. The van der Waals surface area contributed by atoms with Crippen molar-refractivity contribution in [2.45, 2.75) is 45.1 Å². The molecule has 2 aromatic rings. The number of amides is 2. The molecule has 166 valence electrons. The van der Waals surface area contributed by atoms with Crippen molar-refractivity contribution in [2.24, 2.45) is 5.73 Å². The lowest BCUT2D eigenvalue weighted by molar-refractivity contribution is -0.117. The Morgan fingerprint density at radius 2 is 1.61 bits per heavy atom. The first-order chi connectivity index (χ1) is 14.5. The number of nitrogens with two attached hydrogens (primary N) is 1. The number of carbonyl (C=O) groups is 2. The standard InChI is InChI=1S/C24H30N2O5/c1-14(27)26-17-12-18(30-6)19(22(25)28)21(31-7)20(17)24(4,13-23(26,2)3)15-8-10-16(29-5)11-9-15/h8-12H,13H2,1-7H3,(H2,25,28). The Labute approximate surface area is 183 Å². The van der Waals surface area contributed by atoms with Gasteiger partial charge in [-0.25, -0.2) is 0 Å². The first kappa shape index (κ1) is 22.5. The molecular formula is C24H30N2O5. The van der Waals surface area contributed by atoms with E-state index in [9.17, 15) is 9.59 Å². The van der Waals surface area contributed by atoms with E-state index in [1.165, 1.54) is 21.1 Å². The Balaban J connectivity index is 2.47. The number of hydrogen-bond acceptors (Lipinski definition) is 5. The second-order valence-electron chi connectivity index (χ2n) is 8.65. The third-order valence-electron chi connectivity index (χ3n) is 6.12. The van der Waals surface area contributed by atoms with Gasteiger partial charge in [-0.15, -0.1) is 0 Å². The smallest absolute Gasteiger partial charge is 0.256 e. The van der Waals surface area contributed by atoms with E-state index in [4.69, 9.17) is 19.9 Å². The maximum Gasteiger partial charge on any atom is 0.256 e. The lowest BCUT2D eigenvalue weighted by atomic mass is 9.64. The maximum atomic E-state index is 12.8. The van der Waals surface area contributed by atoms with Crippen LogP contribution in [0.3, 0.4) is 0 Å². The van der Waals surface area contributed by atoms with E-state index in [2.05, 4.69) is 6.92 Å². The molecule has 0 bridgehead atoms. The summed E-state index contributed by atoms with van der Waals surface area (Å²) in [6.45, 7) is 7.68. The fraction of sp³-hybridized carbons (Fsp3) is 0.417. The van der Waals surface area contributed by atoms with Crippen molar-refractivity contribution in [3.05, 3.63) is 47.0 Å². The summed E-state index contributed by atoms with van der Waals surface area (Å²) >= 11 is 0. The Kier molecular flexibility index (Phi) is 5.65. The molecule has 0 aromatic heterocycles. The zero-order chi connectivity index (χ0) is 23.1. The molecular weight excluding hydrogens is 396 g/mol. The van der Waals surface area contributed by atoms with Gasteiger partial charge in [0.15, 0.2) is 0 Å². The average Bonchev–Trinajstić information content (AvgIpc) is 2.70. The maximum absolute atomic E-state index is 12.8. The predicted molar refractivity (Wildman–Crippen MR) is 119 cm³/mol. The van der Waals surface area contributed by atoms with Gasteiger partial charge in [-0.3, -0.25) is 9.59 Å². The molecule has 0 radical (unpaired) electrons. The van der Waals surface area contributed by atoms with Gasteiger partial charge in [-0.05, 0) is 38.0 Å². The molecule has 2 amide bonds. The quantitative estimate of drug-likeness (QED) is 0.788. The summed E-state index contributed by atoms with van der Waals surface area (Å²) < 4.78 is 16.6. The molecule has 2 aromatic carbocycles. The number of ether oxygens (including phenoxy) is 3. The molecule has 1 aliphatic rings. The first-order valence-corrected chi connectivity index (χ1v) is 10.1. The summed E-state index contributed by atoms with van der Waals surface area (Å²) in [5.74, 6) is 0.560. The van der Waals surface area contributed by atoms with Crippen LogP contribution in [0.2, 0.25) is 0 Å². The van der Waals surface area contributed by atoms with Crippen LogP contribution in [0.25, 0.3) is 0 Å². The monoisotopic (exact) mass is 426 g/mol. The van der Waals surface area contributed by atoms with Gasteiger partial charge in [0.25, 0.3) is 5.91 Å². The second-order valence-corrected chi connectivity index (χ2v) is 8.65. The molecule has 0 saturated carbocycles. The van der Waals surface area contributed by atoms with Gasteiger partial charge in [0.2, 0.25) is 5.91 Å². The van der Waals surface area contributed by atoms with Crippen LogP contribution in [0.4, 0.5) is 5.69 Å². The lowest BCUT2D eigenvalue weighted by Crippen LogP contribution is -2.55. The van der Waals surface area contributed by atoms with Crippen molar-refractivity contribution in [3.8, 4) is 17.2 Å². The van der Waals surface area contributed by atoms with Crippen molar-refractivity contribution in [1.29, 1.82) is 0 Å². The van der Waals surface area contributed by atoms with E-state index in [1.54, 1.807) is 18.1 Å². The van der Waals surface area contributed by atoms with Gasteiger partial charge in [0.1, 0.15) is 22.8 Å². The molecule has 31 heavy (non-hydrogen) atoms. The molecule has 7 nitrogen and oxygen atoms in total. The Hall–Kier alpha value is -3.22. The minimum atomic E-state index is -0.659. The molecule has 0 spiro atoms. The third-order valence-corrected chi connectivity index (χ3v) is 6.12. The summed E-state index contributed by atoms with van der Waals surface area (Å²) in [4.78, 5) is 26.9. The molecule has 1 aliphatic heterocycles. The topological polar surface area (TPSA) is 91.1 Å². The Morgan fingerprint density at radius 3 is 2.06 bits per heavy atom. The molecule has 3 rings (SSSR count). The zero-order valence-corrected chi connectivity index (χ0v) is 19.2. The number of carbonyl (C=O) groups excluding carboxylic acids is 2. The van der Waals surface area contributed by atoms with Crippen LogP contribution in [0.1, 0.15) is 55.6 Å². The summed E-state index contributed by atoms with van der Waals surface area (Å²) in [7, 11) is 4.57. The normalized spacial score (nSPS) is 19.4. The van der Waals surface area contributed by atoms with E-state index >= 15 is 0 Å². The van der Waals surface area contributed by atoms with Crippen LogP contribution < -0.4 is 24.8 Å². The number of nitrogens with zero attached hydrogens (tertiary/aromatic N) is 1. The van der Waals surface area contributed by atoms with Gasteiger partial charge in [-0.1, -0.05) is 19.1 Å². The van der Waals surface area contributed by atoms with E-state index in [1.807, 2.05) is 38.1 Å². The largest absolute Gasteiger partial charge is 0.497 e. The Bertz CT molecular complexity index is 1030. The van der Waals surface area contributed by atoms with Crippen LogP contribution in [0.5, 0.6) is 17.2 Å². The van der Waals surface area contributed by atoms with Crippen molar-refractivity contribution < 1.29 is 23.8 Å². The molecule has 1 atom stereocenters. The van der Waals surface area contributed by atoms with Gasteiger partial charge in [0, 0.05) is 29.5 Å². The number of methoxy groups -OCH3 is 3. The molecule has 2 N–H and O–H groups in total. The highest BCUT2D eigenvalue weighted by Gasteiger charge is 2.50. The molecule has 1 unspecified atom stereocenters. The van der Waals surface area contributed by atoms with Crippen LogP contribution in [-0.4, -0.2) is 38.7 Å². The number of hydrogen-bond donors (Lipinski definition) is 1. The minimum absolute atomic E-state index is 0.112. The third kappa shape index (κ3) is 3.48. The van der Waals surface area contributed by atoms with Gasteiger partial charge < -0.3 is 24.8 Å². The lowest BCUT2D eigenvalue weighted by Gasteiger charge is -2.51. The van der Waals surface area contributed by atoms with Gasteiger partial charge in [0.05, 0.1) is 27.0 Å². The van der Waals surface area contributed by atoms with Crippen LogP contribution in [0.15, 0.2) is 30.3 Å². The average molecular weight is 427 g/mol. The van der Waals surface area contributed by atoms with E-state index < -0.39 is 16.9 Å². The van der Waals surface area contributed by atoms with E-state index in [0.717, 1.165) is 16.9 Å². The Morgan fingerprint density at radius 1 is 1.00 bits per heavy atom. The minimum Gasteiger partial charge on any atom is -0.497 e. The predicted octanol–water partition coefficient (Wildman–Crippen LogP) is 3.65. The highest BCUT2D eigenvalue weighted by molar-refractivity contribution is 6.03. The van der Waals surface area contributed by atoms with Crippen LogP contribution >= 0.6 is 0 Å². The van der Waals surface area contributed by atoms with Gasteiger partial charge in [-0.2, -0.15) is 0 Å². The molecule has 0 saturated heterocycles. The molecule has 7 heteroatoms. The number of primary amides is 1. The highest BCUT2D eigenvalue weighted by Crippen LogP contribution is 2.56. The zero-order valence-electron chi connectivity index (χ0n) is 19.2. The fourth-order valence-corrected chi connectivity index (χ4v) is 5.09.